The first kappa shape index (κ1) is 20.6. The highest BCUT2D eigenvalue weighted by atomic mass is 16.6. The lowest BCUT2D eigenvalue weighted by Crippen LogP contribution is -2.43. The number of nitrogens with one attached hydrogen (secondary N) is 1. The molecule has 31 heavy (non-hydrogen) atoms. The minimum Gasteiger partial charge on any atom is -0.444 e. The number of para-hydroxylation sites is 2. The van der Waals surface area contributed by atoms with E-state index >= 15 is 0 Å². The molecular weight excluding hydrogens is 392 g/mol. The second-order valence-corrected chi connectivity index (χ2v) is 10.6. The average molecular weight is 427 g/mol. The molecule has 3 fully saturated rings. The van der Waals surface area contributed by atoms with E-state index in [1.54, 1.807) is 0 Å². The second-order valence-electron chi connectivity index (χ2n) is 10.6. The fraction of sp³-hybridized carbons (Fsp3) is 0.667. The maximum Gasteiger partial charge on any atom is 0.410 e. The lowest BCUT2D eigenvalue weighted by Gasteiger charge is -2.37. The van der Waals surface area contributed by atoms with Crippen molar-refractivity contribution >= 4 is 17.1 Å². The van der Waals surface area contributed by atoms with E-state index < -0.39 is 5.60 Å². The Bertz CT molecular complexity index is 998. The van der Waals surface area contributed by atoms with E-state index in [-0.39, 0.29) is 17.8 Å². The van der Waals surface area contributed by atoms with Crippen LogP contribution < -0.4 is 5.69 Å². The van der Waals surface area contributed by atoms with Crippen molar-refractivity contribution in [1.29, 1.82) is 0 Å². The molecule has 1 aromatic carbocycles. The minimum atomic E-state index is -0.436. The number of hydrogen-bond donors (Lipinski definition) is 1. The van der Waals surface area contributed by atoms with Crippen molar-refractivity contribution in [3.05, 3.63) is 34.7 Å². The van der Waals surface area contributed by atoms with Gasteiger partial charge in [0.2, 0.25) is 0 Å². The average Bonchev–Trinajstić information content (AvgIpc) is 3.37. The van der Waals surface area contributed by atoms with Gasteiger partial charge in [-0.05, 0) is 70.4 Å². The number of benzene rings is 1. The van der Waals surface area contributed by atoms with Crippen molar-refractivity contribution in [3.8, 4) is 0 Å². The quantitative estimate of drug-likeness (QED) is 0.796. The number of likely N-dealkylation sites (tertiary alicyclic amines) is 2. The molecule has 1 amide bonds. The maximum absolute atomic E-state index is 12.5. The number of ether oxygens (including phenoxy) is 1. The van der Waals surface area contributed by atoms with Crippen molar-refractivity contribution in [3.63, 3.8) is 0 Å². The molecule has 1 saturated carbocycles. The molecule has 0 spiro atoms. The topological polar surface area (TPSA) is 70.6 Å². The molecule has 3 heterocycles. The Labute approximate surface area is 183 Å². The lowest BCUT2D eigenvalue weighted by molar-refractivity contribution is 0.0271. The third-order valence-electron chi connectivity index (χ3n) is 7.38. The van der Waals surface area contributed by atoms with Crippen molar-refractivity contribution in [1.82, 2.24) is 19.4 Å². The summed E-state index contributed by atoms with van der Waals surface area (Å²) in [4.78, 5) is 32.5. The molecule has 1 unspecified atom stereocenters. The molecule has 3 atom stereocenters. The number of carbonyl (C=O) groups is 1. The van der Waals surface area contributed by atoms with Crippen LogP contribution in [0.15, 0.2) is 29.1 Å². The molecule has 2 saturated heterocycles. The summed E-state index contributed by atoms with van der Waals surface area (Å²) in [5, 5.41) is 0. The summed E-state index contributed by atoms with van der Waals surface area (Å²) in [5.74, 6) is 1.18. The SMILES string of the molecule is CC(C)(C)OC(=O)N1C[C@H]2CC(N3CCC(n4c(=O)[nH]c5ccccc54)CC3)C[C@H]2C1. The van der Waals surface area contributed by atoms with Gasteiger partial charge in [-0.15, -0.1) is 0 Å². The summed E-state index contributed by atoms with van der Waals surface area (Å²) in [6.07, 6.45) is 4.20. The Morgan fingerprint density at radius 2 is 1.68 bits per heavy atom. The van der Waals surface area contributed by atoms with Crippen molar-refractivity contribution in [2.75, 3.05) is 26.2 Å². The highest BCUT2D eigenvalue weighted by Crippen LogP contribution is 2.41. The van der Waals surface area contributed by atoms with Crippen LogP contribution in [-0.2, 0) is 4.74 Å². The van der Waals surface area contributed by atoms with E-state index in [9.17, 15) is 9.59 Å². The van der Waals surface area contributed by atoms with Crippen LogP contribution >= 0.6 is 0 Å². The van der Waals surface area contributed by atoms with Gasteiger partial charge in [0.15, 0.2) is 0 Å². The van der Waals surface area contributed by atoms with E-state index in [0.29, 0.717) is 17.9 Å². The molecular formula is C24H34N4O3. The summed E-state index contributed by atoms with van der Waals surface area (Å²) in [5.41, 5.74) is 1.52. The molecule has 2 aromatic rings. The first-order valence-electron chi connectivity index (χ1n) is 11.7. The number of aromatic amines is 1. The van der Waals surface area contributed by atoms with Gasteiger partial charge in [-0.3, -0.25) is 4.57 Å². The number of rotatable bonds is 2. The molecule has 3 aliphatic rings. The maximum atomic E-state index is 12.5. The minimum absolute atomic E-state index is 0.0114. The summed E-state index contributed by atoms with van der Waals surface area (Å²) < 4.78 is 7.53. The van der Waals surface area contributed by atoms with Gasteiger partial charge in [-0.25, -0.2) is 9.59 Å². The first-order chi connectivity index (χ1) is 14.8. The molecule has 1 aromatic heterocycles. The van der Waals surface area contributed by atoms with Gasteiger partial charge in [0.1, 0.15) is 5.60 Å². The Morgan fingerprint density at radius 3 is 2.32 bits per heavy atom. The van der Waals surface area contributed by atoms with Gasteiger partial charge in [-0.2, -0.15) is 0 Å². The van der Waals surface area contributed by atoms with Crippen LogP contribution in [0.2, 0.25) is 0 Å². The predicted molar refractivity (Wildman–Crippen MR) is 120 cm³/mol. The van der Waals surface area contributed by atoms with Gasteiger partial charge < -0.3 is 19.5 Å². The first-order valence-corrected chi connectivity index (χ1v) is 11.7. The Balaban J connectivity index is 1.17. The van der Waals surface area contributed by atoms with Crippen LogP contribution in [0.5, 0.6) is 0 Å². The number of fused-ring (bicyclic) bond motifs is 2. The van der Waals surface area contributed by atoms with Crippen LogP contribution in [-0.4, -0.2) is 63.3 Å². The molecule has 1 aliphatic carbocycles. The fourth-order valence-electron chi connectivity index (χ4n) is 5.99. The number of piperidine rings is 1. The van der Waals surface area contributed by atoms with Crippen molar-refractivity contribution < 1.29 is 9.53 Å². The van der Waals surface area contributed by atoms with E-state index in [4.69, 9.17) is 4.74 Å². The molecule has 0 bridgehead atoms. The number of imidazole rings is 1. The molecule has 0 radical (unpaired) electrons. The standard InChI is InChI=1S/C24H34N4O3/c1-24(2,3)31-23(30)27-14-16-12-19(13-17(16)15-27)26-10-8-18(9-11-26)28-21-7-5-4-6-20(21)25-22(28)29/h4-7,16-19H,8-15H2,1-3H3,(H,25,29)/t16-,17+,19?. The van der Waals surface area contributed by atoms with E-state index in [2.05, 4.69) is 9.88 Å². The van der Waals surface area contributed by atoms with Crippen LogP contribution in [0, 0.1) is 11.8 Å². The van der Waals surface area contributed by atoms with Crippen LogP contribution in [0.4, 0.5) is 4.79 Å². The summed E-state index contributed by atoms with van der Waals surface area (Å²) in [7, 11) is 0. The second kappa shape index (κ2) is 7.69. The molecule has 168 valence electrons. The van der Waals surface area contributed by atoms with Gasteiger partial charge in [0.25, 0.3) is 0 Å². The van der Waals surface area contributed by atoms with E-state index in [1.165, 1.54) is 12.8 Å². The highest BCUT2D eigenvalue weighted by molar-refractivity contribution is 5.75. The van der Waals surface area contributed by atoms with Gasteiger partial charge in [-0.1, -0.05) is 12.1 Å². The van der Waals surface area contributed by atoms with Crippen LogP contribution in [0.3, 0.4) is 0 Å². The summed E-state index contributed by atoms with van der Waals surface area (Å²) >= 11 is 0. The van der Waals surface area contributed by atoms with E-state index in [1.807, 2.05) is 54.5 Å². The zero-order valence-electron chi connectivity index (χ0n) is 18.8. The Kier molecular flexibility index (Phi) is 5.12. The third kappa shape index (κ3) is 4.00. The van der Waals surface area contributed by atoms with Gasteiger partial charge in [0, 0.05) is 38.3 Å². The molecule has 5 rings (SSSR count). The largest absolute Gasteiger partial charge is 0.444 e. The Morgan fingerprint density at radius 1 is 1.03 bits per heavy atom. The number of hydrogen-bond acceptors (Lipinski definition) is 4. The number of nitrogens with zero attached hydrogens (tertiary/aromatic N) is 3. The highest BCUT2D eigenvalue weighted by Gasteiger charge is 2.45. The van der Waals surface area contributed by atoms with E-state index in [0.717, 1.165) is 50.1 Å². The normalized spacial score (nSPS) is 27.7. The van der Waals surface area contributed by atoms with Gasteiger partial charge in [0.05, 0.1) is 11.0 Å². The number of H-pyrrole nitrogens is 1. The molecule has 7 heteroatoms. The Hall–Kier alpha value is -2.28. The molecule has 7 nitrogen and oxygen atoms in total. The predicted octanol–water partition coefficient (Wildman–Crippen LogP) is 3.61. The fourth-order valence-corrected chi connectivity index (χ4v) is 5.99. The third-order valence-corrected chi connectivity index (χ3v) is 7.38. The number of amides is 1. The number of carbonyl (C=O) groups excluding carboxylic acids is 1. The smallest absolute Gasteiger partial charge is 0.410 e. The summed E-state index contributed by atoms with van der Waals surface area (Å²) in [6, 6.07) is 8.85. The molecule has 1 N–H and O–H groups in total. The molecule has 2 aliphatic heterocycles. The number of aromatic nitrogens is 2. The van der Waals surface area contributed by atoms with Crippen LogP contribution in [0.1, 0.15) is 52.5 Å². The van der Waals surface area contributed by atoms with Crippen molar-refractivity contribution in [2.45, 2.75) is 64.1 Å². The summed E-state index contributed by atoms with van der Waals surface area (Å²) in [6.45, 7) is 9.50. The van der Waals surface area contributed by atoms with Crippen LogP contribution in [0.25, 0.3) is 11.0 Å². The monoisotopic (exact) mass is 426 g/mol. The van der Waals surface area contributed by atoms with Gasteiger partial charge >= 0.3 is 11.8 Å². The zero-order valence-corrected chi connectivity index (χ0v) is 18.8. The lowest BCUT2D eigenvalue weighted by atomic mass is 10.0. The zero-order chi connectivity index (χ0) is 21.8. The van der Waals surface area contributed by atoms with Crippen molar-refractivity contribution in [2.24, 2.45) is 11.8 Å².